The summed E-state index contributed by atoms with van der Waals surface area (Å²) in [5, 5.41) is 0. The fourth-order valence-corrected chi connectivity index (χ4v) is 1.69. The minimum Gasteiger partial charge on any atom is -0.427 e. The fraction of sp³-hybridized carbons (Fsp3) is 0.188. The van der Waals surface area contributed by atoms with Gasteiger partial charge in [-0.05, 0) is 43.2 Å². The van der Waals surface area contributed by atoms with E-state index in [1.807, 2.05) is 31.2 Å². The standard InChI is InChI=1S/C16H15FO2/c1-12-2-4-13(5-3-12)6-11-16(18)19-15-9-7-14(17)8-10-15/h2-5,7-10H,6,11H2,1H3. The average Bonchev–Trinajstić information content (AvgIpc) is 2.41. The van der Waals surface area contributed by atoms with Gasteiger partial charge in [0.15, 0.2) is 0 Å². The van der Waals surface area contributed by atoms with Gasteiger partial charge in [0.2, 0.25) is 0 Å². The largest absolute Gasteiger partial charge is 0.427 e. The SMILES string of the molecule is Cc1ccc(CCC(=O)Oc2ccc(F)cc2)cc1. The minimum absolute atomic E-state index is 0.306. The van der Waals surface area contributed by atoms with Crippen molar-refractivity contribution in [1.29, 1.82) is 0 Å². The van der Waals surface area contributed by atoms with E-state index in [4.69, 9.17) is 4.74 Å². The van der Waals surface area contributed by atoms with E-state index in [0.717, 1.165) is 5.56 Å². The predicted molar refractivity (Wildman–Crippen MR) is 71.5 cm³/mol. The molecule has 0 amide bonds. The van der Waals surface area contributed by atoms with Crippen molar-refractivity contribution >= 4 is 5.97 Å². The van der Waals surface area contributed by atoms with Crippen molar-refractivity contribution in [3.63, 3.8) is 0 Å². The van der Waals surface area contributed by atoms with Gasteiger partial charge in [-0.2, -0.15) is 0 Å². The van der Waals surface area contributed by atoms with Crippen LogP contribution in [0.25, 0.3) is 0 Å². The Kier molecular flexibility index (Phi) is 4.29. The summed E-state index contributed by atoms with van der Waals surface area (Å²) in [4.78, 5) is 11.6. The van der Waals surface area contributed by atoms with Crippen molar-refractivity contribution < 1.29 is 13.9 Å². The third-order valence-electron chi connectivity index (χ3n) is 2.78. The molecule has 0 atom stereocenters. The normalized spacial score (nSPS) is 10.2. The van der Waals surface area contributed by atoms with Crippen LogP contribution in [0.5, 0.6) is 5.75 Å². The van der Waals surface area contributed by atoms with Crippen LogP contribution in [0.15, 0.2) is 48.5 Å². The quantitative estimate of drug-likeness (QED) is 0.617. The highest BCUT2D eigenvalue weighted by atomic mass is 19.1. The molecule has 0 N–H and O–H groups in total. The van der Waals surface area contributed by atoms with E-state index in [-0.39, 0.29) is 11.8 Å². The second kappa shape index (κ2) is 6.14. The Morgan fingerprint density at radius 2 is 1.68 bits per heavy atom. The smallest absolute Gasteiger partial charge is 0.311 e. The molecule has 3 heteroatoms. The molecule has 0 spiro atoms. The van der Waals surface area contributed by atoms with Crippen molar-refractivity contribution in [2.24, 2.45) is 0 Å². The second-order valence-corrected chi connectivity index (χ2v) is 4.41. The van der Waals surface area contributed by atoms with Gasteiger partial charge >= 0.3 is 5.97 Å². The number of esters is 1. The highest BCUT2D eigenvalue weighted by Gasteiger charge is 2.05. The van der Waals surface area contributed by atoms with Crippen molar-refractivity contribution in [3.8, 4) is 5.75 Å². The number of hydrogen-bond donors (Lipinski definition) is 0. The van der Waals surface area contributed by atoms with Crippen LogP contribution >= 0.6 is 0 Å². The summed E-state index contributed by atoms with van der Waals surface area (Å²) in [6.07, 6.45) is 0.945. The number of benzene rings is 2. The molecule has 0 radical (unpaired) electrons. The molecule has 0 saturated heterocycles. The topological polar surface area (TPSA) is 26.3 Å². The summed E-state index contributed by atoms with van der Waals surface area (Å²) < 4.78 is 17.8. The molecule has 19 heavy (non-hydrogen) atoms. The number of halogens is 1. The predicted octanol–water partition coefficient (Wildman–Crippen LogP) is 3.67. The van der Waals surface area contributed by atoms with Crippen molar-refractivity contribution in [1.82, 2.24) is 0 Å². The van der Waals surface area contributed by atoms with Gasteiger partial charge in [-0.1, -0.05) is 29.8 Å². The zero-order chi connectivity index (χ0) is 13.7. The Hall–Kier alpha value is -2.16. The van der Waals surface area contributed by atoms with Crippen LogP contribution < -0.4 is 4.74 Å². The molecule has 0 bridgehead atoms. The number of aryl methyl sites for hydroxylation is 2. The Bertz CT molecular complexity index is 544. The molecule has 0 aliphatic rings. The third kappa shape index (κ3) is 4.21. The van der Waals surface area contributed by atoms with Gasteiger partial charge in [0.05, 0.1) is 0 Å². The van der Waals surface area contributed by atoms with Crippen molar-refractivity contribution in [2.75, 3.05) is 0 Å². The molecule has 2 aromatic carbocycles. The van der Waals surface area contributed by atoms with Gasteiger partial charge in [-0.25, -0.2) is 4.39 Å². The van der Waals surface area contributed by atoms with Gasteiger partial charge in [0.25, 0.3) is 0 Å². The lowest BCUT2D eigenvalue weighted by molar-refractivity contribution is -0.134. The first-order valence-corrected chi connectivity index (χ1v) is 6.15. The Labute approximate surface area is 111 Å². The van der Waals surface area contributed by atoms with E-state index in [9.17, 15) is 9.18 Å². The highest BCUT2D eigenvalue weighted by Crippen LogP contribution is 2.13. The summed E-state index contributed by atoms with van der Waals surface area (Å²) in [5.41, 5.74) is 2.29. The fourth-order valence-electron chi connectivity index (χ4n) is 1.69. The molecular weight excluding hydrogens is 243 g/mol. The number of hydrogen-bond acceptors (Lipinski definition) is 2. The van der Waals surface area contributed by atoms with Crippen molar-refractivity contribution in [2.45, 2.75) is 19.8 Å². The molecule has 0 aliphatic carbocycles. The van der Waals surface area contributed by atoms with Crippen LogP contribution in [0.4, 0.5) is 4.39 Å². The van der Waals surface area contributed by atoms with E-state index in [0.29, 0.717) is 18.6 Å². The molecular formula is C16H15FO2. The van der Waals surface area contributed by atoms with Crippen LogP contribution in [0, 0.1) is 12.7 Å². The third-order valence-corrected chi connectivity index (χ3v) is 2.78. The molecule has 0 aliphatic heterocycles. The summed E-state index contributed by atoms with van der Waals surface area (Å²) in [7, 11) is 0. The van der Waals surface area contributed by atoms with E-state index >= 15 is 0 Å². The van der Waals surface area contributed by atoms with Crippen LogP contribution in [0.3, 0.4) is 0 Å². The van der Waals surface area contributed by atoms with Gasteiger partial charge in [-0.15, -0.1) is 0 Å². The molecule has 2 nitrogen and oxygen atoms in total. The summed E-state index contributed by atoms with van der Waals surface area (Å²) >= 11 is 0. The maximum Gasteiger partial charge on any atom is 0.311 e. The molecule has 0 aromatic heterocycles. The zero-order valence-corrected chi connectivity index (χ0v) is 10.7. The Balaban J connectivity index is 1.84. The lowest BCUT2D eigenvalue weighted by Crippen LogP contribution is -2.09. The molecule has 2 aromatic rings. The van der Waals surface area contributed by atoms with Crippen molar-refractivity contribution in [3.05, 3.63) is 65.5 Å². The summed E-state index contributed by atoms with van der Waals surface area (Å²) in [5.74, 6) is -0.290. The van der Waals surface area contributed by atoms with Crippen LogP contribution in [0.1, 0.15) is 17.5 Å². The van der Waals surface area contributed by atoms with Crippen LogP contribution in [0.2, 0.25) is 0 Å². The van der Waals surface area contributed by atoms with Gasteiger partial charge in [0.1, 0.15) is 11.6 Å². The van der Waals surface area contributed by atoms with Crippen LogP contribution in [-0.4, -0.2) is 5.97 Å². The number of carbonyl (C=O) groups is 1. The first kappa shape index (κ1) is 13.3. The maximum atomic E-state index is 12.7. The van der Waals surface area contributed by atoms with Crippen LogP contribution in [-0.2, 0) is 11.2 Å². The van der Waals surface area contributed by atoms with E-state index in [1.54, 1.807) is 0 Å². The Morgan fingerprint density at radius 3 is 2.32 bits per heavy atom. The van der Waals surface area contributed by atoms with Gasteiger partial charge < -0.3 is 4.74 Å². The van der Waals surface area contributed by atoms with E-state index in [2.05, 4.69) is 0 Å². The highest BCUT2D eigenvalue weighted by molar-refractivity contribution is 5.72. The van der Waals surface area contributed by atoms with Gasteiger partial charge in [-0.3, -0.25) is 4.79 Å². The number of rotatable bonds is 4. The zero-order valence-electron chi connectivity index (χ0n) is 10.7. The molecule has 0 unspecified atom stereocenters. The Morgan fingerprint density at radius 1 is 1.05 bits per heavy atom. The average molecular weight is 258 g/mol. The maximum absolute atomic E-state index is 12.7. The lowest BCUT2D eigenvalue weighted by Gasteiger charge is -2.04. The number of carbonyl (C=O) groups excluding carboxylic acids is 1. The monoisotopic (exact) mass is 258 g/mol. The van der Waals surface area contributed by atoms with Gasteiger partial charge in [0, 0.05) is 6.42 Å². The van der Waals surface area contributed by atoms with E-state index in [1.165, 1.54) is 29.8 Å². The summed E-state index contributed by atoms with van der Waals surface area (Å²) in [6.45, 7) is 2.02. The molecule has 0 fully saturated rings. The molecule has 2 rings (SSSR count). The molecule has 98 valence electrons. The first-order valence-electron chi connectivity index (χ1n) is 6.15. The number of ether oxygens (including phenoxy) is 1. The first-order chi connectivity index (χ1) is 9.13. The van der Waals surface area contributed by atoms with E-state index < -0.39 is 0 Å². The molecule has 0 saturated carbocycles. The summed E-state index contributed by atoms with van der Waals surface area (Å²) in [6, 6.07) is 13.5. The lowest BCUT2D eigenvalue weighted by atomic mass is 10.1. The second-order valence-electron chi connectivity index (χ2n) is 4.41. The minimum atomic E-state index is -0.348. The molecule has 0 heterocycles.